The average Bonchev–Trinajstić information content (AvgIpc) is 2.43. The van der Waals surface area contributed by atoms with E-state index in [2.05, 4.69) is 24.1 Å². The second kappa shape index (κ2) is 3.04. The van der Waals surface area contributed by atoms with Crippen LogP contribution in [0.4, 0.5) is 5.82 Å². The van der Waals surface area contributed by atoms with Gasteiger partial charge in [0.2, 0.25) is 0 Å². The van der Waals surface area contributed by atoms with Crippen molar-refractivity contribution in [1.82, 2.24) is 4.98 Å². The number of nitrogens with one attached hydrogen (secondary N) is 1. The van der Waals surface area contributed by atoms with Crippen LogP contribution >= 0.6 is 0 Å². The molecular formula is C10H14N3O+. The Labute approximate surface area is 83.0 Å². The van der Waals surface area contributed by atoms with Crippen molar-refractivity contribution in [2.45, 2.75) is 32.7 Å². The summed E-state index contributed by atoms with van der Waals surface area (Å²) in [6.45, 7) is 5.97. The quantitative estimate of drug-likeness (QED) is 0.674. The second-order valence-corrected chi connectivity index (χ2v) is 3.93. The Morgan fingerprint density at radius 2 is 2.29 bits per heavy atom. The zero-order valence-electron chi connectivity index (χ0n) is 8.61. The molecule has 4 heteroatoms. The first-order valence-corrected chi connectivity index (χ1v) is 4.82. The van der Waals surface area contributed by atoms with Crippen LogP contribution in [0.1, 0.15) is 37.2 Å². The predicted molar refractivity (Wildman–Crippen MR) is 52.2 cm³/mol. The molecule has 14 heavy (non-hydrogen) atoms. The molecule has 1 atom stereocenters. The minimum Gasteiger partial charge on any atom is -0.259 e. The van der Waals surface area contributed by atoms with E-state index in [0.717, 1.165) is 11.5 Å². The maximum atomic E-state index is 11.6. The van der Waals surface area contributed by atoms with Gasteiger partial charge in [-0.1, -0.05) is 13.8 Å². The van der Waals surface area contributed by atoms with Crippen molar-refractivity contribution in [2.75, 3.05) is 5.32 Å². The lowest BCUT2D eigenvalue weighted by Crippen LogP contribution is -2.42. The number of fused-ring (bicyclic) bond motifs is 1. The van der Waals surface area contributed by atoms with Crippen molar-refractivity contribution in [1.29, 1.82) is 0 Å². The number of hydrogen-bond acceptors (Lipinski definition) is 3. The first-order valence-electron chi connectivity index (χ1n) is 4.82. The average molecular weight is 192 g/mol. The molecule has 0 fully saturated rings. The molecule has 2 rings (SSSR count). The van der Waals surface area contributed by atoms with Gasteiger partial charge in [-0.15, -0.1) is 0 Å². The van der Waals surface area contributed by atoms with Gasteiger partial charge in [-0.3, -0.25) is 5.32 Å². The summed E-state index contributed by atoms with van der Waals surface area (Å²) in [5.74, 6) is 1.22. The summed E-state index contributed by atoms with van der Waals surface area (Å²) in [6.07, 6.45) is 3.54. The fourth-order valence-electron chi connectivity index (χ4n) is 1.51. The van der Waals surface area contributed by atoms with Crippen LogP contribution in [-0.2, 0) is 0 Å². The van der Waals surface area contributed by atoms with Crippen LogP contribution in [0.25, 0.3) is 0 Å². The van der Waals surface area contributed by atoms with Crippen molar-refractivity contribution in [3.63, 3.8) is 0 Å². The smallest absolute Gasteiger partial charge is 0.259 e. The van der Waals surface area contributed by atoms with Crippen LogP contribution in [0.5, 0.6) is 0 Å². The van der Waals surface area contributed by atoms with Crippen LogP contribution < -0.4 is 9.88 Å². The number of rotatable bonds is 1. The molecule has 1 aromatic rings. The van der Waals surface area contributed by atoms with Crippen LogP contribution in [0.2, 0.25) is 0 Å². The Kier molecular flexibility index (Phi) is 1.98. The largest absolute Gasteiger partial charge is 0.358 e. The van der Waals surface area contributed by atoms with E-state index < -0.39 is 0 Å². The maximum absolute atomic E-state index is 11.6. The molecule has 0 amide bonds. The van der Waals surface area contributed by atoms with E-state index in [0.29, 0.717) is 5.92 Å². The normalized spacial score (nSPS) is 19.7. The van der Waals surface area contributed by atoms with Crippen LogP contribution in [0, 0.1) is 0 Å². The van der Waals surface area contributed by atoms with Crippen LogP contribution in [-0.4, -0.2) is 16.9 Å². The molecule has 1 N–H and O–H groups in total. The standard InChI is InChI=1S/C10H13N3O/c1-6(2)8-5-13-9(4-11-8)12-7(3)10(13)14/h4-7H,1-3H3/p+1. The van der Waals surface area contributed by atoms with Gasteiger partial charge in [-0.2, -0.15) is 4.57 Å². The summed E-state index contributed by atoms with van der Waals surface area (Å²) in [5, 5.41) is 3.06. The lowest BCUT2D eigenvalue weighted by molar-refractivity contribution is -0.553. The van der Waals surface area contributed by atoms with Crippen molar-refractivity contribution in [2.24, 2.45) is 0 Å². The minimum atomic E-state index is -0.140. The maximum Gasteiger partial charge on any atom is 0.358 e. The monoisotopic (exact) mass is 192 g/mol. The number of nitrogens with zero attached hydrogens (tertiary/aromatic N) is 2. The molecular weight excluding hydrogens is 178 g/mol. The van der Waals surface area contributed by atoms with Gasteiger partial charge in [-0.25, -0.2) is 9.78 Å². The van der Waals surface area contributed by atoms with E-state index >= 15 is 0 Å². The number of hydrogen-bond donors (Lipinski definition) is 1. The van der Waals surface area contributed by atoms with Crippen molar-refractivity contribution in [3.05, 3.63) is 18.1 Å². The highest BCUT2D eigenvalue weighted by Crippen LogP contribution is 2.13. The Bertz CT molecular complexity index is 387. The minimum absolute atomic E-state index is 0.0873. The molecule has 74 valence electrons. The van der Waals surface area contributed by atoms with E-state index in [1.165, 1.54) is 0 Å². The van der Waals surface area contributed by atoms with E-state index in [4.69, 9.17) is 0 Å². The second-order valence-electron chi connectivity index (χ2n) is 3.93. The summed E-state index contributed by atoms with van der Waals surface area (Å²) in [5.41, 5.74) is 0.943. The van der Waals surface area contributed by atoms with E-state index in [9.17, 15) is 4.79 Å². The SMILES string of the molecule is CC1Nc2cnc(C(C)C)c[n+]2C1=O. The first-order chi connectivity index (χ1) is 6.59. The van der Waals surface area contributed by atoms with Gasteiger partial charge in [0.1, 0.15) is 12.4 Å². The third kappa shape index (κ3) is 1.27. The van der Waals surface area contributed by atoms with Gasteiger partial charge in [0.15, 0.2) is 6.04 Å². The molecule has 2 heterocycles. The van der Waals surface area contributed by atoms with Crippen molar-refractivity contribution < 1.29 is 9.36 Å². The molecule has 0 aliphatic carbocycles. The third-order valence-corrected chi connectivity index (χ3v) is 2.42. The summed E-state index contributed by atoms with van der Waals surface area (Å²) in [7, 11) is 0. The molecule has 1 aliphatic heterocycles. The molecule has 1 unspecified atom stereocenters. The highest BCUT2D eigenvalue weighted by atomic mass is 16.2. The van der Waals surface area contributed by atoms with Gasteiger partial charge in [0.05, 0.1) is 5.69 Å². The fraction of sp³-hybridized carbons (Fsp3) is 0.500. The molecule has 0 spiro atoms. The molecule has 0 saturated carbocycles. The molecule has 0 aromatic carbocycles. The third-order valence-electron chi connectivity index (χ3n) is 2.42. The van der Waals surface area contributed by atoms with E-state index in [1.54, 1.807) is 10.8 Å². The number of carbonyl (C=O) groups is 1. The fourth-order valence-corrected chi connectivity index (χ4v) is 1.51. The number of anilines is 1. The number of aromatic nitrogens is 2. The van der Waals surface area contributed by atoms with Crippen molar-refractivity contribution in [3.8, 4) is 0 Å². The van der Waals surface area contributed by atoms with Gasteiger partial charge in [0.25, 0.3) is 0 Å². The summed E-state index contributed by atoms with van der Waals surface area (Å²) in [4.78, 5) is 15.9. The lowest BCUT2D eigenvalue weighted by atomic mass is 10.1. The molecule has 1 aliphatic rings. The van der Waals surface area contributed by atoms with Crippen molar-refractivity contribution >= 4 is 11.7 Å². The van der Waals surface area contributed by atoms with E-state index in [1.807, 2.05) is 13.1 Å². The Morgan fingerprint density at radius 3 is 2.93 bits per heavy atom. The topological polar surface area (TPSA) is 45.9 Å². The van der Waals surface area contributed by atoms with Gasteiger partial charge >= 0.3 is 11.7 Å². The van der Waals surface area contributed by atoms with Gasteiger partial charge < -0.3 is 0 Å². The van der Waals surface area contributed by atoms with Gasteiger partial charge in [-0.05, 0) is 12.8 Å². The van der Waals surface area contributed by atoms with Gasteiger partial charge in [0, 0.05) is 0 Å². The highest BCUT2D eigenvalue weighted by Gasteiger charge is 2.34. The molecule has 4 nitrogen and oxygen atoms in total. The molecule has 0 saturated heterocycles. The molecule has 0 radical (unpaired) electrons. The first kappa shape index (κ1) is 9.12. The van der Waals surface area contributed by atoms with Crippen LogP contribution in [0.15, 0.2) is 12.4 Å². The summed E-state index contributed by atoms with van der Waals surface area (Å²) in [6, 6.07) is -0.140. The Morgan fingerprint density at radius 1 is 1.57 bits per heavy atom. The summed E-state index contributed by atoms with van der Waals surface area (Å²) >= 11 is 0. The Balaban J connectivity index is 2.46. The summed E-state index contributed by atoms with van der Waals surface area (Å²) < 4.78 is 1.65. The highest BCUT2D eigenvalue weighted by molar-refractivity contribution is 5.80. The van der Waals surface area contributed by atoms with E-state index in [-0.39, 0.29) is 11.9 Å². The zero-order chi connectivity index (χ0) is 10.3. The Hall–Kier alpha value is -1.45. The lowest BCUT2D eigenvalue weighted by Gasteiger charge is -2.02. The van der Waals surface area contributed by atoms with Crippen LogP contribution in [0.3, 0.4) is 0 Å². The number of carbonyl (C=O) groups excluding carboxylic acids is 1. The molecule has 0 bridgehead atoms. The molecule has 1 aromatic heterocycles. The zero-order valence-corrected chi connectivity index (χ0v) is 8.61. The predicted octanol–water partition coefficient (Wildman–Crippen LogP) is 0.947.